The number of benzene rings is 3. The summed E-state index contributed by atoms with van der Waals surface area (Å²) in [5, 5.41) is 0. The third-order valence-corrected chi connectivity index (χ3v) is 5.88. The molecule has 150 valence electrons. The average molecular weight is 419 g/mol. The number of halogens is 1. The molecule has 0 saturated carbocycles. The Morgan fingerprint density at radius 3 is 2.17 bits per heavy atom. The zero-order chi connectivity index (χ0) is 21.1. The first-order chi connectivity index (χ1) is 14.6. The smallest absolute Gasteiger partial charge is 0.272 e. The molecule has 0 saturated heterocycles. The molecule has 0 spiro atoms. The third kappa shape index (κ3) is 3.86. The van der Waals surface area contributed by atoms with Gasteiger partial charge in [-0.25, -0.2) is 9.29 Å². The second-order valence-corrected chi connectivity index (χ2v) is 7.61. The van der Waals surface area contributed by atoms with Crippen molar-refractivity contribution >= 4 is 34.8 Å². The second-order valence-electron chi connectivity index (χ2n) is 6.63. The Labute approximate surface area is 178 Å². The summed E-state index contributed by atoms with van der Waals surface area (Å²) < 4.78 is 18.6. The molecule has 0 N–H and O–H groups in total. The number of hydrogen-bond acceptors (Lipinski definition) is 4. The molecule has 0 unspecified atom stereocenters. The summed E-state index contributed by atoms with van der Waals surface area (Å²) in [7, 11) is 1.55. The summed E-state index contributed by atoms with van der Waals surface area (Å²) in [5.41, 5.74) is 2.30. The van der Waals surface area contributed by atoms with E-state index in [9.17, 15) is 14.0 Å². The number of anilines is 1. The van der Waals surface area contributed by atoms with Gasteiger partial charge in [-0.1, -0.05) is 42.5 Å². The van der Waals surface area contributed by atoms with E-state index in [-0.39, 0.29) is 11.5 Å². The van der Waals surface area contributed by atoms with Gasteiger partial charge in [0.1, 0.15) is 11.6 Å². The van der Waals surface area contributed by atoms with E-state index in [4.69, 9.17) is 4.74 Å². The van der Waals surface area contributed by atoms with Crippen LogP contribution in [0.5, 0.6) is 5.75 Å². The van der Waals surface area contributed by atoms with Crippen molar-refractivity contribution in [2.45, 2.75) is 5.75 Å². The topological polar surface area (TPSA) is 46.6 Å². The van der Waals surface area contributed by atoms with Crippen LogP contribution in [0.15, 0.2) is 83.8 Å². The predicted octanol–water partition coefficient (Wildman–Crippen LogP) is 5.05. The Morgan fingerprint density at radius 2 is 1.53 bits per heavy atom. The fourth-order valence-electron chi connectivity index (χ4n) is 3.21. The van der Waals surface area contributed by atoms with Gasteiger partial charge in [-0.3, -0.25) is 9.59 Å². The number of thioether (sulfide) groups is 1. The lowest BCUT2D eigenvalue weighted by atomic mass is 10.1. The van der Waals surface area contributed by atoms with Crippen molar-refractivity contribution in [1.29, 1.82) is 0 Å². The van der Waals surface area contributed by atoms with Gasteiger partial charge in [0.15, 0.2) is 0 Å². The van der Waals surface area contributed by atoms with E-state index in [0.717, 1.165) is 10.5 Å². The van der Waals surface area contributed by atoms with Gasteiger partial charge in [0.2, 0.25) is 0 Å². The van der Waals surface area contributed by atoms with Crippen LogP contribution in [0.3, 0.4) is 0 Å². The number of carbonyl (C=O) groups excluding carboxylic acids is 2. The summed E-state index contributed by atoms with van der Waals surface area (Å²) in [6.07, 6.45) is 0. The van der Waals surface area contributed by atoms with Crippen molar-refractivity contribution in [1.82, 2.24) is 0 Å². The van der Waals surface area contributed by atoms with Crippen molar-refractivity contribution in [3.8, 4) is 5.75 Å². The molecule has 0 bridgehead atoms. The molecule has 4 rings (SSSR count). The Balaban J connectivity index is 1.72. The van der Waals surface area contributed by atoms with Crippen LogP contribution < -0.4 is 9.64 Å². The second kappa shape index (κ2) is 8.55. The number of rotatable bonds is 6. The number of ether oxygens (including phenoxy) is 1. The molecular formula is C24H18FNO3S. The van der Waals surface area contributed by atoms with Gasteiger partial charge in [0.05, 0.1) is 23.3 Å². The van der Waals surface area contributed by atoms with Gasteiger partial charge in [0, 0.05) is 5.75 Å². The number of hydrogen-bond donors (Lipinski definition) is 0. The zero-order valence-corrected chi connectivity index (χ0v) is 17.0. The molecular weight excluding hydrogens is 401 g/mol. The highest BCUT2D eigenvalue weighted by Crippen LogP contribution is 2.39. The Hall–Kier alpha value is -3.38. The highest BCUT2D eigenvalue weighted by Gasteiger charge is 2.40. The molecule has 0 aliphatic carbocycles. The number of methoxy groups -OCH3 is 1. The lowest BCUT2D eigenvalue weighted by Gasteiger charge is -2.15. The van der Waals surface area contributed by atoms with Crippen molar-refractivity contribution in [3.05, 3.63) is 101 Å². The minimum atomic E-state index is -0.424. The van der Waals surface area contributed by atoms with E-state index in [1.165, 1.54) is 36.0 Å². The van der Waals surface area contributed by atoms with E-state index < -0.39 is 11.7 Å². The molecule has 6 heteroatoms. The Morgan fingerprint density at radius 1 is 0.867 bits per heavy atom. The van der Waals surface area contributed by atoms with Crippen LogP contribution in [0, 0.1) is 5.82 Å². The molecule has 1 aliphatic rings. The summed E-state index contributed by atoms with van der Waals surface area (Å²) in [6, 6.07) is 22.1. The van der Waals surface area contributed by atoms with E-state index in [1.807, 2.05) is 30.3 Å². The van der Waals surface area contributed by atoms with Crippen LogP contribution in [0.4, 0.5) is 10.1 Å². The van der Waals surface area contributed by atoms with Gasteiger partial charge < -0.3 is 4.74 Å². The van der Waals surface area contributed by atoms with Crippen molar-refractivity contribution < 1.29 is 18.7 Å². The Kier molecular flexibility index (Phi) is 5.68. The largest absolute Gasteiger partial charge is 0.497 e. The number of imide groups is 1. The van der Waals surface area contributed by atoms with Gasteiger partial charge in [-0.15, -0.1) is 11.8 Å². The molecule has 0 atom stereocenters. The third-order valence-electron chi connectivity index (χ3n) is 4.73. The van der Waals surface area contributed by atoms with Gasteiger partial charge >= 0.3 is 0 Å². The standard InChI is InChI=1S/C24H18FNO3S/c1-29-20-13-11-19(12-14-20)26-23(27)21(17-7-9-18(25)10-8-17)22(24(26)28)30-15-16-5-3-2-4-6-16/h2-14H,15H2,1H3. The van der Waals surface area contributed by atoms with Crippen LogP contribution in [-0.2, 0) is 15.3 Å². The molecule has 1 aliphatic heterocycles. The first kappa shape index (κ1) is 19.9. The van der Waals surface area contributed by atoms with Gasteiger partial charge in [-0.05, 0) is 47.5 Å². The highest BCUT2D eigenvalue weighted by atomic mass is 32.2. The lowest BCUT2D eigenvalue weighted by Crippen LogP contribution is -2.31. The SMILES string of the molecule is COc1ccc(N2C(=O)C(SCc3ccccc3)=C(c3ccc(F)cc3)C2=O)cc1. The molecule has 0 fully saturated rings. The number of carbonyl (C=O) groups is 2. The molecule has 2 amide bonds. The quantitative estimate of drug-likeness (QED) is 0.525. The summed E-state index contributed by atoms with van der Waals surface area (Å²) in [4.78, 5) is 28.1. The monoisotopic (exact) mass is 419 g/mol. The first-order valence-electron chi connectivity index (χ1n) is 9.28. The van der Waals surface area contributed by atoms with Crippen LogP contribution in [-0.4, -0.2) is 18.9 Å². The molecule has 0 radical (unpaired) electrons. The normalized spacial score (nSPS) is 13.9. The number of nitrogens with zero attached hydrogens (tertiary/aromatic N) is 1. The average Bonchev–Trinajstić information content (AvgIpc) is 3.03. The van der Waals surface area contributed by atoms with Crippen LogP contribution >= 0.6 is 11.8 Å². The minimum absolute atomic E-state index is 0.289. The molecule has 3 aromatic rings. The van der Waals surface area contributed by atoms with E-state index in [1.54, 1.807) is 31.4 Å². The highest BCUT2D eigenvalue weighted by molar-refractivity contribution is 8.03. The molecule has 3 aromatic carbocycles. The molecule has 0 aromatic heterocycles. The maximum absolute atomic E-state index is 13.4. The predicted molar refractivity (Wildman–Crippen MR) is 117 cm³/mol. The fraction of sp³-hybridized carbons (Fsp3) is 0.0833. The number of amides is 2. The van der Waals surface area contributed by atoms with Crippen molar-refractivity contribution in [2.75, 3.05) is 12.0 Å². The summed E-state index contributed by atoms with van der Waals surface area (Å²) in [5.74, 6) is -0.0429. The van der Waals surface area contributed by atoms with Crippen LogP contribution in [0.1, 0.15) is 11.1 Å². The van der Waals surface area contributed by atoms with Crippen LogP contribution in [0.25, 0.3) is 5.57 Å². The summed E-state index contributed by atoms with van der Waals surface area (Å²) >= 11 is 1.31. The zero-order valence-electron chi connectivity index (χ0n) is 16.2. The van der Waals surface area contributed by atoms with E-state index in [2.05, 4.69) is 0 Å². The molecule has 1 heterocycles. The van der Waals surface area contributed by atoms with E-state index in [0.29, 0.717) is 27.7 Å². The van der Waals surface area contributed by atoms with Gasteiger partial charge in [0.25, 0.3) is 11.8 Å². The molecule has 30 heavy (non-hydrogen) atoms. The maximum Gasteiger partial charge on any atom is 0.272 e. The molecule has 4 nitrogen and oxygen atoms in total. The minimum Gasteiger partial charge on any atom is -0.497 e. The van der Waals surface area contributed by atoms with Crippen LogP contribution in [0.2, 0.25) is 0 Å². The Bertz CT molecular complexity index is 1110. The van der Waals surface area contributed by atoms with Gasteiger partial charge in [-0.2, -0.15) is 0 Å². The first-order valence-corrected chi connectivity index (χ1v) is 10.3. The van der Waals surface area contributed by atoms with E-state index >= 15 is 0 Å². The summed E-state index contributed by atoms with van der Waals surface area (Å²) in [6.45, 7) is 0. The lowest BCUT2D eigenvalue weighted by molar-refractivity contribution is -0.119. The van der Waals surface area contributed by atoms with Crippen molar-refractivity contribution in [3.63, 3.8) is 0 Å². The van der Waals surface area contributed by atoms with Crippen molar-refractivity contribution in [2.24, 2.45) is 0 Å². The fourth-order valence-corrected chi connectivity index (χ4v) is 4.28. The maximum atomic E-state index is 13.4.